The third kappa shape index (κ3) is 2.03. The minimum atomic E-state index is -0.470. The van der Waals surface area contributed by atoms with Crippen molar-refractivity contribution in [3.8, 4) is 0 Å². The average Bonchev–Trinajstić information content (AvgIpc) is 2.83. The topological polar surface area (TPSA) is 25.2 Å². The molecule has 0 saturated heterocycles. The standard InChI is InChI=1S/C16H15NO/c18-16(14-7-2-1-3-8-14)12-17-11-10-13-6-4-5-9-15(13)17/h1-11,16,18H,12H2/t16-/m0/s1. The molecule has 1 aromatic heterocycles. The Labute approximate surface area is 106 Å². The van der Waals surface area contributed by atoms with Crippen LogP contribution in [0, 0.1) is 0 Å². The molecule has 1 heterocycles. The fourth-order valence-electron chi connectivity index (χ4n) is 2.27. The van der Waals surface area contributed by atoms with E-state index in [-0.39, 0.29) is 0 Å². The van der Waals surface area contributed by atoms with E-state index in [1.54, 1.807) is 0 Å². The van der Waals surface area contributed by atoms with E-state index in [2.05, 4.69) is 22.8 Å². The minimum Gasteiger partial charge on any atom is -0.387 e. The van der Waals surface area contributed by atoms with Crippen LogP contribution in [0.2, 0.25) is 0 Å². The predicted molar refractivity (Wildman–Crippen MR) is 73.3 cm³/mol. The van der Waals surface area contributed by atoms with Gasteiger partial charge in [0.2, 0.25) is 0 Å². The van der Waals surface area contributed by atoms with Crippen LogP contribution in [0.3, 0.4) is 0 Å². The van der Waals surface area contributed by atoms with E-state index in [9.17, 15) is 5.11 Å². The summed E-state index contributed by atoms with van der Waals surface area (Å²) in [5.41, 5.74) is 2.11. The second-order valence-corrected chi connectivity index (χ2v) is 4.45. The van der Waals surface area contributed by atoms with Crippen LogP contribution in [0.5, 0.6) is 0 Å². The largest absolute Gasteiger partial charge is 0.387 e. The van der Waals surface area contributed by atoms with Crippen LogP contribution < -0.4 is 0 Å². The predicted octanol–water partition coefficient (Wildman–Crippen LogP) is 3.37. The molecule has 0 fully saturated rings. The minimum absolute atomic E-state index is 0.470. The van der Waals surface area contributed by atoms with E-state index >= 15 is 0 Å². The molecule has 0 unspecified atom stereocenters. The van der Waals surface area contributed by atoms with Gasteiger partial charge in [0.15, 0.2) is 0 Å². The highest BCUT2D eigenvalue weighted by Gasteiger charge is 2.09. The zero-order chi connectivity index (χ0) is 12.4. The smallest absolute Gasteiger partial charge is 0.0968 e. The number of rotatable bonds is 3. The number of nitrogens with zero attached hydrogens (tertiary/aromatic N) is 1. The number of fused-ring (bicyclic) bond motifs is 1. The Balaban J connectivity index is 1.89. The highest BCUT2D eigenvalue weighted by Crippen LogP contribution is 2.20. The number of hydrogen-bond donors (Lipinski definition) is 1. The summed E-state index contributed by atoms with van der Waals surface area (Å²) in [4.78, 5) is 0. The SMILES string of the molecule is O[C@@H](Cn1ccc2ccccc21)c1ccccc1. The molecular formula is C16H15NO. The number of benzene rings is 2. The third-order valence-corrected chi connectivity index (χ3v) is 3.23. The van der Waals surface area contributed by atoms with Gasteiger partial charge in [-0.15, -0.1) is 0 Å². The van der Waals surface area contributed by atoms with Gasteiger partial charge in [-0.1, -0.05) is 48.5 Å². The Morgan fingerprint density at radius 1 is 0.889 bits per heavy atom. The van der Waals surface area contributed by atoms with Crippen molar-refractivity contribution in [2.75, 3.05) is 0 Å². The van der Waals surface area contributed by atoms with Crippen molar-refractivity contribution in [2.24, 2.45) is 0 Å². The Morgan fingerprint density at radius 3 is 2.44 bits per heavy atom. The molecule has 2 nitrogen and oxygen atoms in total. The molecule has 3 aromatic rings. The molecule has 0 aliphatic carbocycles. The number of hydrogen-bond acceptors (Lipinski definition) is 1. The zero-order valence-corrected chi connectivity index (χ0v) is 10.0. The van der Waals surface area contributed by atoms with Gasteiger partial charge in [-0.05, 0) is 23.1 Å². The molecule has 18 heavy (non-hydrogen) atoms. The van der Waals surface area contributed by atoms with Crippen molar-refractivity contribution in [1.82, 2.24) is 4.57 Å². The average molecular weight is 237 g/mol. The highest BCUT2D eigenvalue weighted by molar-refractivity contribution is 5.79. The van der Waals surface area contributed by atoms with E-state index in [1.807, 2.05) is 48.7 Å². The Bertz CT molecular complexity index is 642. The van der Waals surface area contributed by atoms with E-state index < -0.39 is 6.10 Å². The summed E-state index contributed by atoms with van der Waals surface area (Å²) in [6, 6.07) is 20.1. The van der Waals surface area contributed by atoms with E-state index in [0.717, 1.165) is 11.1 Å². The van der Waals surface area contributed by atoms with Crippen LogP contribution in [0.15, 0.2) is 66.9 Å². The summed E-state index contributed by atoms with van der Waals surface area (Å²) in [6.45, 7) is 0.581. The van der Waals surface area contributed by atoms with Gasteiger partial charge >= 0.3 is 0 Å². The summed E-state index contributed by atoms with van der Waals surface area (Å²) in [5, 5.41) is 11.4. The van der Waals surface area contributed by atoms with Crippen LogP contribution in [0.25, 0.3) is 10.9 Å². The van der Waals surface area contributed by atoms with Crippen molar-refractivity contribution in [3.05, 3.63) is 72.4 Å². The maximum atomic E-state index is 10.2. The molecule has 1 atom stereocenters. The molecule has 2 aromatic carbocycles. The van der Waals surface area contributed by atoms with Crippen LogP contribution in [0.4, 0.5) is 0 Å². The molecule has 0 spiro atoms. The van der Waals surface area contributed by atoms with Crippen LogP contribution >= 0.6 is 0 Å². The lowest BCUT2D eigenvalue weighted by molar-refractivity contribution is 0.158. The quantitative estimate of drug-likeness (QED) is 0.742. The first kappa shape index (κ1) is 11.1. The summed E-state index contributed by atoms with van der Waals surface area (Å²) >= 11 is 0. The Hall–Kier alpha value is -2.06. The zero-order valence-electron chi connectivity index (χ0n) is 10.0. The van der Waals surface area contributed by atoms with Gasteiger partial charge in [0.25, 0.3) is 0 Å². The second kappa shape index (κ2) is 4.67. The molecule has 0 bridgehead atoms. The molecule has 0 aliphatic heterocycles. The van der Waals surface area contributed by atoms with Gasteiger partial charge in [0.1, 0.15) is 0 Å². The maximum absolute atomic E-state index is 10.2. The Morgan fingerprint density at radius 2 is 1.61 bits per heavy atom. The first-order valence-corrected chi connectivity index (χ1v) is 6.11. The fourth-order valence-corrected chi connectivity index (χ4v) is 2.27. The van der Waals surface area contributed by atoms with E-state index in [0.29, 0.717) is 6.54 Å². The lowest BCUT2D eigenvalue weighted by atomic mass is 10.1. The number of para-hydroxylation sites is 1. The van der Waals surface area contributed by atoms with Gasteiger partial charge < -0.3 is 9.67 Å². The first-order chi connectivity index (χ1) is 8.84. The summed E-state index contributed by atoms with van der Waals surface area (Å²) < 4.78 is 2.09. The summed E-state index contributed by atoms with van der Waals surface area (Å²) in [7, 11) is 0. The molecule has 0 radical (unpaired) electrons. The molecule has 0 saturated carbocycles. The van der Waals surface area contributed by atoms with Gasteiger partial charge in [0.05, 0.1) is 12.6 Å². The normalized spacial score (nSPS) is 12.7. The first-order valence-electron chi connectivity index (χ1n) is 6.11. The molecule has 0 aliphatic rings. The number of aliphatic hydroxyl groups excluding tert-OH is 1. The van der Waals surface area contributed by atoms with Crippen LogP contribution in [-0.2, 0) is 6.54 Å². The summed E-state index contributed by atoms with van der Waals surface area (Å²) in [6.07, 6.45) is 1.55. The van der Waals surface area contributed by atoms with Gasteiger partial charge in [0, 0.05) is 11.7 Å². The highest BCUT2D eigenvalue weighted by atomic mass is 16.3. The third-order valence-electron chi connectivity index (χ3n) is 3.23. The molecule has 0 amide bonds. The summed E-state index contributed by atoms with van der Waals surface area (Å²) in [5.74, 6) is 0. The molecular weight excluding hydrogens is 222 g/mol. The van der Waals surface area contributed by atoms with E-state index in [4.69, 9.17) is 0 Å². The molecule has 3 rings (SSSR count). The van der Waals surface area contributed by atoms with Crippen LogP contribution in [-0.4, -0.2) is 9.67 Å². The number of aliphatic hydroxyl groups is 1. The lowest BCUT2D eigenvalue weighted by Crippen LogP contribution is -2.07. The van der Waals surface area contributed by atoms with Gasteiger partial charge in [-0.3, -0.25) is 0 Å². The van der Waals surface area contributed by atoms with Gasteiger partial charge in [-0.25, -0.2) is 0 Å². The fraction of sp³-hybridized carbons (Fsp3) is 0.125. The lowest BCUT2D eigenvalue weighted by Gasteiger charge is -2.13. The monoisotopic (exact) mass is 237 g/mol. The van der Waals surface area contributed by atoms with Gasteiger partial charge in [-0.2, -0.15) is 0 Å². The van der Waals surface area contributed by atoms with Crippen molar-refractivity contribution in [3.63, 3.8) is 0 Å². The van der Waals surface area contributed by atoms with Crippen molar-refractivity contribution >= 4 is 10.9 Å². The second-order valence-electron chi connectivity index (χ2n) is 4.45. The van der Waals surface area contributed by atoms with Crippen molar-refractivity contribution < 1.29 is 5.11 Å². The van der Waals surface area contributed by atoms with Crippen molar-refractivity contribution in [1.29, 1.82) is 0 Å². The van der Waals surface area contributed by atoms with Crippen LogP contribution in [0.1, 0.15) is 11.7 Å². The van der Waals surface area contributed by atoms with E-state index in [1.165, 1.54) is 5.39 Å². The Kier molecular flexibility index (Phi) is 2.87. The maximum Gasteiger partial charge on any atom is 0.0968 e. The molecule has 90 valence electrons. The number of aromatic nitrogens is 1. The molecule has 2 heteroatoms. The molecule has 1 N–H and O–H groups in total. The van der Waals surface area contributed by atoms with Crippen molar-refractivity contribution in [2.45, 2.75) is 12.6 Å².